The molecule has 7 nitrogen and oxygen atoms in total. The summed E-state index contributed by atoms with van der Waals surface area (Å²) in [6.07, 6.45) is 1.63. The fourth-order valence-corrected chi connectivity index (χ4v) is 2.78. The maximum absolute atomic E-state index is 12.9. The number of benzene rings is 2. The molecular formula is C20H21N3O4. The van der Waals surface area contributed by atoms with E-state index in [9.17, 15) is 4.79 Å². The van der Waals surface area contributed by atoms with E-state index in [0.29, 0.717) is 28.6 Å². The van der Waals surface area contributed by atoms with E-state index in [4.69, 9.17) is 14.2 Å². The molecule has 1 aromatic heterocycles. The number of hydrogen-bond donors (Lipinski definition) is 1. The first-order chi connectivity index (χ1) is 13.1. The molecule has 2 aromatic carbocycles. The molecule has 0 radical (unpaired) electrons. The molecule has 3 aromatic rings. The Balaban J connectivity index is 1.96. The lowest BCUT2D eigenvalue weighted by Crippen LogP contribution is -2.16. The molecule has 3 rings (SSSR count). The summed E-state index contributed by atoms with van der Waals surface area (Å²) in [4.78, 5) is 12.9. The quantitative estimate of drug-likeness (QED) is 0.722. The van der Waals surface area contributed by atoms with Crippen LogP contribution in [0.25, 0.3) is 5.69 Å². The van der Waals surface area contributed by atoms with Gasteiger partial charge in [0.25, 0.3) is 5.91 Å². The van der Waals surface area contributed by atoms with Crippen molar-refractivity contribution >= 4 is 11.7 Å². The minimum Gasteiger partial charge on any atom is -0.496 e. The van der Waals surface area contributed by atoms with Gasteiger partial charge in [0.05, 0.1) is 38.8 Å². The summed E-state index contributed by atoms with van der Waals surface area (Å²) >= 11 is 0. The van der Waals surface area contributed by atoms with Crippen LogP contribution in [-0.2, 0) is 0 Å². The van der Waals surface area contributed by atoms with Crippen LogP contribution < -0.4 is 19.5 Å². The number of anilines is 1. The van der Waals surface area contributed by atoms with E-state index in [0.717, 1.165) is 11.3 Å². The van der Waals surface area contributed by atoms with Crippen molar-refractivity contribution in [2.24, 2.45) is 0 Å². The molecule has 1 amide bonds. The minimum absolute atomic E-state index is 0.327. The number of ether oxygens (including phenoxy) is 3. The van der Waals surface area contributed by atoms with Crippen LogP contribution in [0.5, 0.6) is 17.2 Å². The Kier molecular flexibility index (Phi) is 5.30. The number of carbonyl (C=O) groups excluding carboxylic acids is 1. The van der Waals surface area contributed by atoms with Crippen LogP contribution in [0.1, 0.15) is 15.9 Å². The Morgan fingerprint density at radius 1 is 0.963 bits per heavy atom. The van der Waals surface area contributed by atoms with Crippen LogP contribution in [-0.4, -0.2) is 37.0 Å². The predicted molar refractivity (Wildman–Crippen MR) is 102 cm³/mol. The third kappa shape index (κ3) is 3.57. The Bertz CT molecular complexity index is 966. The maximum atomic E-state index is 12.9. The fraction of sp³-hybridized carbons (Fsp3) is 0.200. The fourth-order valence-electron chi connectivity index (χ4n) is 2.78. The largest absolute Gasteiger partial charge is 0.496 e. The van der Waals surface area contributed by atoms with E-state index < -0.39 is 0 Å². The second-order valence-electron chi connectivity index (χ2n) is 5.78. The first kappa shape index (κ1) is 18.3. The van der Waals surface area contributed by atoms with Crippen molar-refractivity contribution in [3.05, 3.63) is 59.8 Å². The van der Waals surface area contributed by atoms with Gasteiger partial charge in [-0.25, -0.2) is 4.68 Å². The van der Waals surface area contributed by atoms with Gasteiger partial charge in [0.2, 0.25) is 0 Å². The van der Waals surface area contributed by atoms with Crippen molar-refractivity contribution in [2.45, 2.75) is 6.92 Å². The molecule has 0 aliphatic heterocycles. The predicted octanol–water partition coefficient (Wildman–Crippen LogP) is 3.46. The zero-order valence-electron chi connectivity index (χ0n) is 15.6. The van der Waals surface area contributed by atoms with Gasteiger partial charge in [0.15, 0.2) is 11.5 Å². The van der Waals surface area contributed by atoms with Crippen LogP contribution in [0.3, 0.4) is 0 Å². The highest BCUT2D eigenvalue weighted by molar-refractivity contribution is 6.06. The maximum Gasteiger partial charge on any atom is 0.260 e. The summed E-state index contributed by atoms with van der Waals surface area (Å²) in [6.45, 7) is 1.99. The van der Waals surface area contributed by atoms with Crippen LogP contribution >= 0.6 is 0 Å². The van der Waals surface area contributed by atoms with Gasteiger partial charge in [0, 0.05) is 18.2 Å². The molecule has 0 atom stereocenters. The lowest BCUT2D eigenvalue weighted by molar-refractivity contribution is 0.102. The van der Waals surface area contributed by atoms with Crippen LogP contribution in [0, 0.1) is 6.92 Å². The summed E-state index contributed by atoms with van der Waals surface area (Å²) in [5, 5.41) is 7.20. The monoisotopic (exact) mass is 367 g/mol. The molecule has 140 valence electrons. The average molecular weight is 367 g/mol. The number of rotatable bonds is 6. The van der Waals surface area contributed by atoms with Gasteiger partial charge in [-0.05, 0) is 18.6 Å². The van der Waals surface area contributed by atoms with Gasteiger partial charge >= 0.3 is 0 Å². The zero-order valence-corrected chi connectivity index (χ0v) is 15.6. The van der Waals surface area contributed by atoms with Crippen molar-refractivity contribution in [1.82, 2.24) is 9.78 Å². The summed E-state index contributed by atoms with van der Waals surface area (Å²) < 4.78 is 17.6. The number of hydrogen-bond acceptors (Lipinski definition) is 5. The molecule has 0 spiro atoms. The first-order valence-corrected chi connectivity index (χ1v) is 8.30. The van der Waals surface area contributed by atoms with Gasteiger partial charge in [-0.2, -0.15) is 5.10 Å². The van der Waals surface area contributed by atoms with Gasteiger partial charge in [-0.3, -0.25) is 4.79 Å². The second-order valence-corrected chi connectivity index (χ2v) is 5.78. The molecule has 0 aliphatic rings. The molecule has 0 aliphatic carbocycles. The minimum atomic E-state index is -0.344. The summed E-state index contributed by atoms with van der Waals surface area (Å²) in [5.41, 5.74) is 2.25. The summed E-state index contributed by atoms with van der Waals surface area (Å²) in [5.74, 6) is 1.51. The number of amides is 1. The molecule has 7 heteroatoms. The van der Waals surface area contributed by atoms with Gasteiger partial charge in [-0.1, -0.05) is 18.2 Å². The highest BCUT2D eigenvalue weighted by Gasteiger charge is 2.19. The molecular weight excluding hydrogens is 346 g/mol. The zero-order chi connectivity index (χ0) is 19.4. The van der Waals surface area contributed by atoms with Crippen LogP contribution in [0.15, 0.2) is 48.7 Å². The van der Waals surface area contributed by atoms with E-state index >= 15 is 0 Å². The molecule has 1 N–H and O–H groups in total. The third-order valence-electron chi connectivity index (χ3n) is 4.18. The average Bonchev–Trinajstić information content (AvgIpc) is 3.14. The highest BCUT2D eigenvalue weighted by Crippen LogP contribution is 2.35. The van der Waals surface area contributed by atoms with E-state index in [2.05, 4.69) is 10.4 Å². The molecule has 0 saturated carbocycles. The lowest BCUT2D eigenvalue weighted by Gasteiger charge is -2.15. The van der Waals surface area contributed by atoms with Crippen molar-refractivity contribution in [3.63, 3.8) is 0 Å². The second kappa shape index (κ2) is 7.82. The number of methoxy groups -OCH3 is 3. The molecule has 1 heterocycles. The van der Waals surface area contributed by atoms with E-state index in [1.807, 2.05) is 31.2 Å². The summed E-state index contributed by atoms with van der Waals surface area (Å²) in [7, 11) is 4.53. The smallest absolute Gasteiger partial charge is 0.260 e. The van der Waals surface area contributed by atoms with Crippen LogP contribution in [0.2, 0.25) is 0 Å². The molecule has 0 fully saturated rings. The van der Waals surface area contributed by atoms with Crippen LogP contribution in [0.4, 0.5) is 5.82 Å². The number of aromatic nitrogens is 2. The van der Waals surface area contributed by atoms with Crippen molar-refractivity contribution in [2.75, 3.05) is 26.6 Å². The normalized spacial score (nSPS) is 10.4. The van der Waals surface area contributed by atoms with Gasteiger partial charge in [0.1, 0.15) is 11.6 Å². The van der Waals surface area contributed by atoms with Crippen molar-refractivity contribution < 1.29 is 19.0 Å². The van der Waals surface area contributed by atoms with E-state index in [1.165, 1.54) is 21.3 Å². The number of aryl methyl sites for hydroxylation is 1. The Labute approximate surface area is 157 Å². The third-order valence-corrected chi connectivity index (χ3v) is 4.18. The SMILES string of the molecule is COc1cc(OC)c(C(=O)Nc2ccnn2-c2ccccc2C)cc1OC. The Morgan fingerprint density at radius 2 is 1.63 bits per heavy atom. The first-order valence-electron chi connectivity index (χ1n) is 8.30. The molecule has 27 heavy (non-hydrogen) atoms. The Morgan fingerprint density at radius 3 is 2.30 bits per heavy atom. The standard InChI is InChI=1S/C20H21N3O4/c1-13-7-5-6-8-15(13)23-19(9-10-21-23)22-20(24)14-11-17(26-3)18(27-4)12-16(14)25-2/h5-12H,1-4H3,(H,22,24). The van der Waals surface area contributed by atoms with Gasteiger partial charge in [-0.15, -0.1) is 0 Å². The number of para-hydroxylation sites is 1. The Hall–Kier alpha value is -3.48. The van der Waals surface area contributed by atoms with Gasteiger partial charge < -0.3 is 19.5 Å². The molecule has 0 unspecified atom stereocenters. The molecule has 0 saturated heterocycles. The lowest BCUT2D eigenvalue weighted by atomic mass is 10.1. The topological polar surface area (TPSA) is 74.6 Å². The molecule has 0 bridgehead atoms. The highest BCUT2D eigenvalue weighted by atomic mass is 16.5. The number of nitrogens with one attached hydrogen (secondary N) is 1. The van der Waals surface area contributed by atoms with E-state index in [1.54, 1.807) is 29.1 Å². The summed E-state index contributed by atoms with van der Waals surface area (Å²) in [6, 6.07) is 12.7. The van der Waals surface area contributed by atoms with E-state index in [-0.39, 0.29) is 5.91 Å². The number of carbonyl (C=O) groups is 1. The van der Waals surface area contributed by atoms with Crippen molar-refractivity contribution in [1.29, 1.82) is 0 Å². The number of nitrogens with zero attached hydrogens (tertiary/aromatic N) is 2. The van der Waals surface area contributed by atoms with Crippen molar-refractivity contribution in [3.8, 4) is 22.9 Å².